The van der Waals surface area contributed by atoms with Gasteiger partial charge in [-0.1, -0.05) is 30.3 Å². The van der Waals surface area contributed by atoms with Crippen LogP contribution in [0.1, 0.15) is 31.7 Å². The average molecular weight is 447 g/mol. The van der Waals surface area contributed by atoms with Crippen LogP contribution in [0.5, 0.6) is 0 Å². The number of nitrogens with zero attached hydrogens (tertiary/aromatic N) is 1. The molecule has 1 amide bonds. The van der Waals surface area contributed by atoms with Gasteiger partial charge in [0.05, 0.1) is 4.90 Å². The first kappa shape index (κ1) is 22.8. The van der Waals surface area contributed by atoms with E-state index in [-0.39, 0.29) is 17.9 Å². The molecule has 1 fully saturated rings. The molecule has 0 saturated carbocycles. The zero-order valence-corrected chi connectivity index (χ0v) is 19.2. The lowest BCUT2D eigenvalue weighted by Crippen LogP contribution is -2.44. The van der Waals surface area contributed by atoms with Gasteiger partial charge in [-0.2, -0.15) is 4.31 Å². The van der Waals surface area contributed by atoms with Gasteiger partial charge in [0.25, 0.3) is 0 Å². The minimum absolute atomic E-state index is 0.0388. The van der Waals surface area contributed by atoms with Crippen LogP contribution in [0, 0.1) is 5.92 Å². The van der Waals surface area contributed by atoms with Crippen molar-refractivity contribution in [2.24, 2.45) is 5.92 Å². The molecule has 3 rings (SSSR count). The van der Waals surface area contributed by atoms with E-state index in [2.05, 4.69) is 17.4 Å². The molecule has 0 bridgehead atoms. The fraction of sp³-hybridized carbons (Fsp3) is 0.435. The van der Waals surface area contributed by atoms with Crippen LogP contribution >= 0.6 is 11.8 Å². The molecule has 0 spiro atoms. The lowest BCUT2D eigenvalue weighted by atomic mass is 9.96. The highest BCUT2D eigenvalue weighted by Gasteiger charge is 2.32. The Bertz CT molecular complexity index is 923. The average Bonchev–Trinajstić information content (AvgIpc) is 2.78. The number of thioether (sulfide) groups is 1. The monoisotopic (exact) mass is 446 g/mol. The smallest absolute Gasteiger partial charge is 0.243 e. The van der Waals surface area contributed by atoms with Crippen molar-refractivity contribution >= 4 is 27.7 Å². The van der Waals surface area contributed by atoms with Crippen molar-refractivity contribution in [1.29, 1.82) is 0 Å². The number of sulfonamides is 1. The Morgan fingerprint density at radius 3 is 2.33 bits per heavy atom. The van der Waals surface area contributed by atoms with E-state index in [4.69, 9.17) is 0 Å². The number of aryl methyl sites for hydroxylation is 1. The lowest BCUT2D eigenvalue weighted by Gasteiger charge is -2.31. The fourth-order valence-corrected chi connectivity index (χ4v) is 5.59. The molecule has 0 radical (unpaired) electrons. The van der Waals surface area contributed by atoms with E-state index in [0.29, 0.717) is 30.8 Å². The maximum atomic E-state index is 12.9. The second kappa shape index (κ2) is 10.5. The standard InChI is InChI=1S/C23H30N2O3S2/c1-18(8-9-19-6-4-3-5-7-19)24-23(26)20-14-16-25(17-15-20)30(27,28)22-12-10-21(29-2)11-13-22/h3-7,10-13,18,20H,8-9,14-17H2,1-2H3,(H,24,26). The van der Waals surface area contributed by atoms with Crippen molar-refractivity contribution in [3.8, 4) is 0 Å². The summed E-state index contributed by atoms with van der Waals surface area (Å²) in [5.74, 6) is -0.0913. The topological polar surface area (TPSA) is 66.5 Å². The molecule has 0 aliphatic carbocycles. The van der Waals surface area contributed by atoms with Gasteiger partial charge in [0, 0.05) is 29.9 Å². The van der Waals surface area contributed by atoms with E-state index in [0.717, 1.165) is 17.7 Å². The van der Waals surface area contributed by atoms with Crippen molar-refractivity contribution in [2.45, 2.75) is 48.4 Å². The summed E-state index contributed by atoms with van der Waals surface area (Å²) in [6.07, 6.45) is 4.88. The van der Waals surface area contributed by atoms with Crippen LogP contribution in [0.25, 0.3) is 0 Å². The summed E-state index contributed by atoms with van der Waals surface area (Å²) in [7, 11) is -3.51. The van der Waals surface area contributed by atoms with Crippen LogP contribution in [0.4, 0.5) is 0 Å². The molecule has 1 aliphatic rings. The van der Waals surface area contributed by atoms with Crippen LogP contribution in [-0.2, 0) is 21.2 Å². The molecule has 1 atom stereocenters. The first-order valence-electron chi connectivity index (χ1n) is 10.4. The van der Waals surface area contributed by atoms with Crippen LogP contribution in [0.3, 0.4) is 0 Å². The van der Waals surface area contributed by atoms with Crippen molar-refractivity contribution < 1.29 is 13.2 Å². The third-order valence-corrected chi connectivity index (χ3v) is 8.28. The first-order chi connectivity index (χ1) is 14.4. The summed E-state index contributed by atoms with van der Waals surface area (Å²) < 4.78 is 27.3. The lowest BCUT2D eigenvalue weighted by molar-refractivity contribution is -0.126. The first-order valence-corrected chi connectivity index (χ1v) is 13.0. The molecule has 1 aliphatic heterocycles. The molecule has 1 N–H and O–H groups in total. The number of amides is 1. The molecular formula is C23H30N2O3S2. The zero-order chi connectivity index (χ0) is 21.6. The maximum absolute atomic E-state index is 12.9. The summed E-state index contributed by atoms with van der Waals surface area (Å²) in [5.41, 5.74) is 1.27. The second-order valence-electron chi connectivity index (χ2n) is 7.79. The van der Waals surface area contributed by atoms with E-state index in [1.165, 1.54) is 9.87 Å². The van der Waals surface area contributed by atoms with Gasteiger partial charge in [-0.05, 0) is 68.7 Å². The third kappa shape index (κ3) is 5.86. The van der Waals surface area contributed by atoms with E-state index >= 15 is 0 Å². The Hall–Kier alpha value is -1.83. The molecule has 30 heavy (non-hydrogen) atoms. The van der Waals surface area contributed by atoms with E-state index in [9.17, 15) is 13.2 Å². The minimum Gasteiger partial charge on any atom is -0.353 e. The molecule has 2 aromatic carbocycles. The summed E-state index contributed by atoms with van der Waals surface area (Å²) in [6.45, 7) is 2.78. The number of nitrogens with one attached hydrogen (secondary N) is 1. The Morgan fingerprint density at radius 1 is 1.10 bits per heavy atom. The quantitative estimate of drug-likeness (QED) is 0.624. The van der Waals surface area contributed by atoms with Crippen LogP contribution < -0.4 is 5.32 Å². The van der Waals surface area contributed by atoms with Crippen molar-refractivity contribution in [2.75, 3.05) is 19.3 Å². The molecule has 0 aromatic heterocycles. The minimum atomic E-state index is -3.51. The van der Waals surface area contributed by atoms with Gasteiger partial charge in [0.1, 0.15) is 0 Å². The van der Waals surface area contributed by atoms with Gasteiger partial charge < -0.3 is 5.32 Å². The third-order valence-electron chi connectivity index (χ3n) is 5.62. The Balaban J connectivity index is 1.48. The van der Waals surface area contributed by atoms with Gasteiger partial charge in [-0.3, -0.25) is 4.79 Å². The highest BCUT2D eigenvalue weighted by molar-refractivity contribution is 7.98. The Kier molecular flexibility index (Phi) is 7.97. The normalized spacial score (nSPS) is 16.9. The molecule has 1 saturated heterocycles. The zero-order valence-electron chi connectivity index (χ0n) is 17.6. The van der Waals surface area contributed by atoms with E-state index in [1.54, 1.807) is 23.9 Å². The van der Waals surface area contributed by atoms with E-state index in [1.807, 2.05) is 43.5 Å². The molecule has 1 heterocycles. The van der Waals surface area contributed by atoms with Gasteiger partial charge in [-0.25, -0.2) is 8.42 Å². The van der Waals surface area contributed by atoms with Crippen LogP contribution in [-0.4, -0.2) is 44.0 Å². The largest absolute Gasteiger partial charge is 0.353 e. The highest BCUT2D eigenvalue weighted by Crippen LogP contribution is 2.25. The van der Waals surface area contributed by atoms with Crippen molar-refractivity contribution in [3.63, 3.8) is 0 Å². The van der Waals surface area contributed by atoms with E-state index < -0.39 is 10.0 Å². The highest BCUT2D eigenvalue weighted by atomic mass is 32.2. The number of carbonyl (C=O) groups excluding carboxylic acids is 1. The van der Waals surface area contributed by atoms with Gasteiger partial charge in [-0.15, -0.1) is 11.8 Å². The molecule has 1 unspecified atom stereocenters. The van der Waals surface area contributed by atoms with Crippen LogP contribution in [0.15, 0.2) is 64.4 Å². The molecule has 162 valence electrons. The number of benzene rings is 2. The molecule has 7 heteroatoms. The summed E-state index contributed by atoms with van der Waals surface area (Å²) in [5, 5.41) is 3.11. The summed E-state index contributed by atoms with van der Waals surface area (Å²) in [6, 6.07) is 17.3. The van der Waals surface area contributed by atoms with Crippen LogP contribution in [0.2, 0.25) is 0 Å². The summed E-state index contributed by atoms with van der Waals surface area (Å²) in [4.78, 5) is 14.0. The van der Waals surface area contributed by atoms with Crippen molar-refractivity contribution in [1.82, 2.24) is 9.62 Å². The summed E-state index contributed by atoms with van der Waals surface area (Å²) >= 11 is 1.58. The molecule has 2 aromatic rings. The van der Waals surface area contributed by atoms with Gasteiger partial charge in [0.2, 0.25) is 15.9 Å². The Morgan fingerprint density at radius 2 is 1.73 bits per heavy atom. The van der Waals surface area contributed by atoms with Gasteiger partial charge >= 0.3 is 0 Å². The van der Waals surface area contributed by atoms with Crippen molar-refractivity contribution in [3.05, 3.63) is 60.2 Å². The Labute approximate surface area is 184 Å². The SMILES string of the molecule is CSc1ccc(S(=O)(=O)N2CCC(C(=O)NC(C)CCc3ccccc3)CC2)cc1. The number of carbonyl (C=O) groups is 1. The number of rotatable bonds is 8. The fourth-order valence-electron chi connectivity index (χ4n) is 3.72. The number of hydrogen-bond donors (Lipinski definition) is 1. The predicted molar refractivity (Wildman–Crippen MR) is 122 cm³/mol. The number of hydrogen-bond acceptors (Lipinski definition) is 4. The molecule has 5 nitrogen and oxygen atoms in total. The maximum Gasteiger partial charge on any atom is 0.243 e. The second-order valence-corrected chi connectivity index (χ2v) is 10.6. The van der Waals surface area contributed by atoms with Gasteiger partial charge in [0.15, 0.2) is 0 Å². The number of piperidine rings is 1. The molecular weight excluding hydrogens is 416 g/mol. The predicted octanol–water partition coefficient (Wildman–Crippen LogP) is 3.95.